The molecular formula is C10H18N2O. The third-order valence-electron chi connectivity index (χ3n) is 2.97. The minimum absolute atomic E-state index is 0.260. The third-order valence-corrected chi connectivity index (χ3v) is 2.97. The Labute approximate surface area is 79.5 Å². The van der Waals surface area contributed by atoms with Crippen LogP contribution in [0.1, 0.15) is 32.6 Å². The van der Waals surface area contributed by atoms with Gasteiger partial charge in [0.1, 0.15) is 0 Å². The SMILES string of the molecule is CC(=O)N(C1CC1)[C@H]1CCCNC1. The summed E-state index contributed by atoms with van der Waals surface area (Å²) in [5.74, 6) is 0.260. The Bertz CT molecular complexity index is 195. The van der Waals surface area contributed by atoms with E-state index in [9.17, 15) is 4.79 Å². The van der Waals surface area contributed by atoms with Gasteiger partial charge in [0.2, 0.25) is 5.91 Å². The number of carbonyl (C=O) groups excluding carboxylic acids is 1. The molecule has 0 bridgehead atoms. The van der Waals surface area contributed by atoms with E-state index in [1.807, 2.05) is 0 Å². The fraction of sp³-hybridized carbons (Fsp3) is 0.900. The first-order chi connectivity index (χ1) is 6.29. The molecule has 74 valence electrons. The first kappa shape index (κ1) is 9.00. The van der Waals surface area contributed by atoms with E-state index >= 15 is 0 Å². The highest BCUT2D eigenvalue weighted by molar-refractivity contribution is 5.74. The summed E-state index contributed by atoms with van der Waals surface area (Å²) in [7, 11) is 0. The molecule has 1 atom stereocenters. The van der Waals surface area contributed by atoms with Crippen LogP contribution < -0.4 is 5.32 Å². The lowest BCUT2D eigenvalue weighted by Crippen LogP contribution is -2.49. The lowest BCUT2D eigenvalue weighted by Gasteiger charge is -2.34. The number of carbonyl (C=O) groups is 1. The van der Waals surface area contributed by atoms with Crippen LogP contribution in [0.5, 0.6) is 0 Å². The Morgan fingerprint density at radius 1 is 1.31 bits per heavy atom. The summed E-state index contributed by atoms with van der Waals surface area (Å²) in [4.78, 5) is 13.5. The molecule has 2 fully saturated rings. The Morgan fingerprint density at radius 2 is 2.08 bits per heavy atom. The summed E-state index contributed by atoms with van der Waals surface area (Å²) in [6.45, 7) is 3.82. The van der Waals surface area contributed by atoms with E-state index in [1.54, 1.807) is 6.92 Å². The second kappa shape index (κ2) is 3.66. The van der Waals surface area contributed by atoms with Crippen molar-refractivity contribution in [2.45, 2.75) is 44.7 Å². The van der Waals surface area contributed by atoms with Gasteiger partial charge < -0.3 is 10.2 Å². The molecule has 1 saturated heterocycles. The van der Waals surface area contributed by atoms with Crippen molar-refractivity contribution in [2.75, 3.05) is 13.1 Å². The van der Waals surface area contributed by atoms with Crippen molar-refractivity contribution in [1.29, 1.82) is 0 Å². The Balaban J connectivity index is 1.96. The molecule has 1 aliphatic carbocycles. The van der Waals surface area contributed by atoms with Gasteiger partial charge >= 0.3 is 0 Å². The minimum Gasteiger partial charge on any atom is -0.336 e. The summed E-state index contributed by atoms with van der Waals surface area (Å²) in [6, 6.07) is 1.04. The van der Waals surface area contributed by atoms with Crippen LogP contribution in [0.2, 0.25) is 0 Å². The van der Waals surface area contributed by atoms with Crippen LogP contribution in [-0.4, -0.2) is 36.0 Å². The molecular weight excluding hydrogens is 164 g/mol. The van der Waals surface area contributed by atoms with Gasteiger partial charge in [0.15, 0.2) is 0 Å². The highest BCUT2D eigenvalue weighted by Gasteiger charge is 2.35. The van der Waals surface area contributed by atoms with Crippen molar-refractivity contribution in [3.8, 4) is 0 Å². The van der Waals surface area contributed by atoms with E-state index in [0.29, 0.717) is 12.1 Å². The average Bonchev–Trinajstić information content (AvgIpc) is 2.90. The van der Waals surface area contributed by atoms with Crippen LogP contribution in [0, 0.1) is 0 Å². The van der Waals surface area contributed by atoms with Crippen molar-refractivity contribution < 1.29 is 4.79 Å². The van der Waals surface area contributed by atoms with Crippen LogP contribution >= 0.6 is 0 Å². The predicted molar refractivity (Wildman–Crippen MR) is 51.4 cm³/mol. The van der Waals surface area contributed by atoms with E-state index in [4.69, 9.17) is 0 Å². The fourth-order valence-electron chi connectivity index (χ4n) is 2.24. The Hall–Kier alpha value is -0.570. The van der Waals surface area contributed by atoms with E-state index < -0.39 is 0 Å². The number of rotatable bonds is 2. The monoisotopic (exact) mass is 182 g/mol. The molecule has 1 heterocycles. The van der Waals surface area contributed by atoms with E-state index in [2.05, 4.69) is 10.2 Å². The molecule has 3 nitrogen and oxygen atoms in total. The Morgan fingerprint density at radius 3 is 2.54 bits per heavy atom. The van der Waals surface area contributed by atoms with Crippen molar-refractivity contribution in [3.05, 3.63) is 0 Å². The summed E-state index contributed by atoms with van der Waals surface area (Å²) in [6.07, 6.45) is 4.83. The molecule has 2 aliphatic rings. The maximum absolute atomic E-state index is 11.4. The molecule has 2 rings (SSSR count). The number of nitrogens with one attached hydrogen (secondary N) is 1. The third kappa shape index (κ3) is 2.02. The van der Waals surface area contributed by atoms with Crippen LogP contribution in [0.3, 0.4) is 0 Å². The zero-order valence-electron chi connectivity index (χ0n) is 8.25. The van der Waals surface area contributed by atoms with Gasteiger partial charge in [-0.25, -0.2) is 0 Å². The zero-order chi connectivity index (χ0) is 9.26. The maximum Gasteiger partial charge on any atom is 0.219 e. The maximum atomic E-state index is 11.4. The molecule has 1 saturated carbocycles. The van der Waals surface area contributed by atoms with Gasteiger partial charge in [-0.05, 0) is 32.2 Å². The lowest BCUT2D eigenvalue weighted by molar-refractivity contribution is -0.132. The van der Waals surface area contributed by atoms with Gasteiger partial charge in [0.25, 0.3) is 0 Å². The molecule has 1 N–H and O–H groups in total. The van der Waals surface area contributed by atoms with Crippen LogP contribution in [0.4, 0.5) is 0 Å². The van der Waals surface area contributed by atoms with Gasteiger partial charge in [0.05, 0.1) is 0 Å². The Kier molecular flexibility index (Phi) is 2.54. The van der Waals surface area contributed by atoms with Crippen molar-refractivity contribution in [1.82, 2.24) is 10.2 Å². The fourth-order valence-corrected chi connectivity index (χ4v) is 2.24. The minimum atomic E-state index is 0.260. The second-order valence-electron chi connectivity index (χ2n) is 4.16. The van der Waals surface area contributed by atoms with Gasteiger partial charge in [0, 0.05) is 25.6 Å². The van der Waals surface area contributed by atoms with Gasteiger partial charge in [-0.3, -0.25) is 4.79 Å². The van der Waals surface area contributed by atoms with Gasteiger partial charge in [-0.1, -0.05) is 0 Å². The first-order valence-electron chi connectivity index (χ1n) is 5.28. The molecule has 0 aromatic rings. The molecule has 13 heavy (non-hydrogen) atoms. The topological polar surface area (TPSA) is 32.3 Å². The average molecular weight is 182 g/mol. The van der Waals surface area contributed by atoms with E-state index in [-0.39, 0.29) is 5.91 Å². The zero-order valence-corrected chi connectivity index (χ0v) is 8.25. The molecule has 3 heteroatoms. The van der Waals surface area contributed by atoms with Gasteiger partial charge in [-0.2, -0.15) is 0 Å². The molecule has 0 aromatic carbocycles. The lowest BCUT2D eigenvalue weighted by atomic mass is 10.1. The normalized spacial score (nSPS) is 28.5. The molecule has 0 radical (unpaired) electrons. The number of nitrogens with zero attached hydrogens (tertiary/aromatic N) is 1. The summed E-state index contributed by atoms with van der Waals surface area (Å²) < 4.78 is 0. The van der Waals surface area contributed by atoms with Gasteiger partial charge in [-0.15, -0.1) is 0 Å². The summed E-state index contributed by atoms with van der Waals surface area (Å²) in [5.41, 5.74) is 0. The van der Waals surface area contributed by atoms with Crippen LogP contribution in [-0.2, 0) is 4.79 Å². The summed E-state index contributed by atoms with van der Waals surface area (Å²) in [5, 5.41) is 3.36. The standard InChI is InChI=1S/C10H18N2O/c1-8(13)12(9-4-5-9)10-3-2-6-11-7-10/h9-11H,2-7H2,1H3/t10-/m0/s1. The second-order valence-corrected chi connectivity index (χ2v) is 4.16. The quantitative estimate of drug-likeness (QED) is 0.683. The molecule has 0 aromatic heterocycles. The molecule has 0 unspecified atom stereocenters. The molecule has 1 amide bonds. The van der Waals surface area contributed by atoms with E-state index in [1.165, 1.54) is 25.7 Å². The molecule has 0 spiro atoms. The summed E-state index contributed by atoms with van der Waals surface area (Å²) >= 11 is 0. The van der Waals surface area contributed by atoms with E-state index in [0.717, 1.165) is 13.1 Å². The molecule has 1 aliphatic heterocycles. The first-order valence-corrected chi connectivity index (χ1v) is 5.28. The van der Waals surface area contributed by atoms with Crippen LogP contribution in [0.15, 0.2) is 0 Å². The van der Waals surface area contributed by atoms with Crippen molar-refractivity contribution in [2.24, 2.45) is 0 Å². The number of amides is 1. The smallest absolute Gasteiger partial charge is 0.219 e. The largest absolute Gasteiger partial charge is 0.336 e. The highest BCUT2D eigenvalue weighted by Crippen LogP contribution is 2.30. The highest BCUT2D eigenvalue weighted by atomic mass is 16.2. The van der Waals surface area contributed by atoms with Crippen LogP contribution in [0.25, 0.3) is 0 Å². The van der Waals surface area contributed by atoms with Crippen molar-refractivity contribution in [3.63, 3.8) is 0 Å². The number of piperidine rings is 1. The number of hydrogen-bond donors (Lipinski definition) is 1. The van der Waals surface area contributed by atoms with Crippen molar-refractivity contribution >= 4 is 5.91 Å². The predicted octanol–water partition coefficient (Wildman–Crippen LogP) is 0.749. The number of hydrogen-bond acceptors (Lipinski definition) is 2.